The van der Waals surface area contributed by atoms with E-state index in [0.717, 1.165) is 16.6 Å². The van der Waals surface area contributed by atoms with Crippen LogP contribution in [0.1, 0.15) is 5.69 Å². The van der Waals surface area contributed by atoms with Gasteiger partial charge in [0.15, 0.2) is 17.3 Å². The fourth-order valence-electron chi connectivity index (χ4n) is 2.79. The summed E-state index contributed by atoms with van der Waals surface area (Å²) in [5, 5.41) is 11.2. The summed E-state index contributed by atoms with van der Waals surface area (Å²) in [6, 6.07) is 15.1. The lowest BCUT2D eigenvalue weighted by Gasteiger charge is -2.12. The lowest BCUT2D eigenvalue weighted by Crippen LogP contribution is -2.00. The summed E-state index contributed by atoms with van der Waals surface area (Å²) in [6.07, 6.45) is 0. The summed E-state index contributed by atoms with van der Waals surface area (Å²) in [6.45, 7) is 1.93. The van der Waals surface area contributed by atoms with Gasteiger partial charge in [0, 0.05) is 23.2 Å². The number of aromatic amines is 1. The van der Waals surface area contributed by atoms with Gasteiger partial charge in [-0.2, -0.15) is 15.1 Å². The monoisotopic (exact) mass is 377 g/mol. The van der Waals surface area contributed by atoms with Crippen molar-refractivity contribution in [1.29, 1.82) is 0 Å². The Morgan fingerprint density at radius 3 is 2.50 bits per heavy atom. The van der Waals surface area contributed by atoms with Crippen LogP contribution in [-0.2, 0) is 0 Å². The van der Waals surface area contributed by atoms with Crippen molar-refractivity contribution in [2.24, 2.45) is 0 Å². The van der Waals surface area contributed by atoms with Crippen molar-refractivity contribution in [3.63, 3.8) is 0 Å². The number of ether oxygens (including phenoxy) is 3. The van der Waals surface area contributed by atoms with Crippen LogP contribution in [0.25, 0.3) is 10.9 Å². The van der Waals surface area contributed by atoms with Crippen molar-refractivity contribution < 1.29 is 14.2 Å². The largest absolute Gasteiger partial charge is 0.493 e. The van der Waals surface area contributed by atoms with E-state index < -0.39 is 0 Å². The van der Waals surface area contributed by atoms with Crippen molar-refractivity contribution in [1.82, 2.24) is 20.2 Å². The van der Waals surface area contributed by atoms with Gasteiger partial charge in [0.25, 0.3) is 0 Å². The van der Waals surface area contributed by atoms with E-state index in [-0.39, 0.29) is 6.01 Å². The molecule has 0 fully saturated rings. The van der Waals surface area contributed by atoms with Crippen LogP contribution in [0.5, 0.6) is 23.3 Å². The second-order valence-electron chi connectivity index (χ2n) is 6.05. The number of nitrogens with zero attached hydrogens (tertiary/aromatic N) is 3. The maximum Gasteiger partial charge on any atom is 0.324 e. The molecular formula is C20H19N5O3. The Kier molecular flexibility index (Phi) is 4.67. The van der Waals surface area contributed by atoms with Gasteiger partial charge in [-0.3, -0.25) is 5.10 Å². The van der Waals surface area contributed by atoms with E-state index in [2.05, 4.69) is 25.5 Å². The first kappa shape index (κ1) is 17.6. The molecule has 8 heteroatoms. The Labute approximate surface area is 161 Å². The third kappa shape index (κ3) is 3.52. The van der Waals surface area contributed by atoms with E-state index in [1.807, 2.05) is 37.3 Å². The summed E-state index contributed by atoms with van der Waals surface area (Å²) < 4.78 is 16.5. The van der Waals surface area contributed by atoms with Crippen molar-refractivity contribution in [2.45, 2.75) is 6.92 Å². The Morgan fingerprint density at radius 1 is 0.929 bits per heavy atom. The van der Waals surface area contributed by atoms with Crippen LogP contribution in [0.2, 0.25) is 0 Å². The van der Waals surface area contributed by atoms with Gasteiger partial charge in [-0.15, -0.1) is 0 Å². The van der Waals surface area contributed by atoms with Gasteiger partial charge < -0.3 is 19.5 Å². The normalized spacial score (nSPS) is 10.7. The minimum atomic E-state index is 0.209. The summed E-state index contributed by atoms with van der Waals surface area (Å²) in [4.78, 5) is 9.03. The van der Waals surface area contributed by atoms with Crippen molar-refractivity contribution in [2.75, 3.05) is 19.5 Å². The third-order valence-electron chi connectivity index (χ3n) is 4.10. The van der Waals surface area contributed by atoms with Gasteiger partial charge in [0.1, 0.15) is 11.6 Å². The fraction of sp³-hybridized carbons (Fsp3) is 0.150. The van der Waals surface area contributed by atoms with Crippen LogP contribution in [0.15, 0.2) is 48.5 Å². The first-order valence-electron chi connectivity index (χ1n) is 8.62. The Balaban J connectivity index is 1.71. The number of H-pyrrole nitrogens is 1. The zero-order chi connectivity index (χ0) is 19.5. The van der Waals surface area contributed by atoms with Gasteiger partial charge in [0.2, 0.25) is 0 Å². The number of aryl methyl sites for hydroxylation is 1. The predicted octanol–water partition coefficient (Wildman–Crippen LogP) is 4.21. The highest BCUT2D eigenvalue weighted by atomic mass is 16.5. The number of anilines is 2. The number of methoxy groups -OCH3 is 2. The second kappa shape index (κ2) is 7.43. The molecule has 0 bridgehead atoms. The molecule has 2 heterocycles. The molecule has 2 aromatic heterocycles. The van der Waals surface area contributed by atoms with Crippen LogP contribution >= 0.6 is 0 Å². The van der Waals surface area contributed by atoms with Crippen molar-refractivity contribution in [3.8, 4) is 23.3 Å². The first-order valence-corrected chi connectivity index (χ1v) is 8.62. The SMILES string of the molecule is COc1ccc(Oc2nc(Nc3cc(C)[nH]n3)c3ccccc3n2)cc1OC. The van der Waals surface area contributed by atoms with Crippen LogP contribution in [-0.4, -0.2) is 34.4 Å². The number of benzene rings is 2. The summed E-state index contributed by atoms with van der Waals surface area (Å²) in [7, 11) is 3.15. The fourth-order valence-corrected chi connectivity index (χ4v) is 2.79. The number of aromatic nitrogens is 4. The molecule has 0 saturated heterocycles. The molecule has 0 aliphatic rings. The van der Waals surface area contributed by atoms with Gasteiger partial charge in [0.05, 0.1) is 19.7 Å². The lowest BCUT2D eigenvalue weighted by molar-refractivity contribution is 0.351. The van der Waals surface area contributed by atoms with Gasteiger partial charge in [-0.1, -0.05) is 12.1 Å². The van der Waals surface area contributed by atoms with Crippen molar-refractivity contribution in [3.05, 3.63) is 54.2 Å². The van der Waals surface area contributed by atoms with Gasteiger partial charge in [-0.25, -0.2) is 0 Å². The van der Waals surface area contributed by atoms with Crippen LogP contribution in [0, 0.1) is 6.92 Å². The number of para-hydroxylation sites is 1. The molecule has 0 aliphatic heterocycles. The first-order chi connectivity index (χ1) is 13.7. The van der Waals surface area contributed by atoms with E-state index >= 15 is 0 Å². The molecule has 0 spiro atoms. The predicted molar refractivity (Wildman–Crippen MR) is 106 cm³/mol. The van der Waals surface area contributed by atoms with Crippen molar-refractivity contribution >= 4 is 22.5 Å². The summed E-state index contributed by atoms with van der Waals surface area (Å²) in [5.74, 6) is 2.98. The quantitative estimate of drug-likeness (QED) is 0.520. The molecule has 142 valence electrons. The Morgan fingerprint density at radius 2 is 1.75 bits per heavy atom. The molecule has 0 unspecified atom stereocenters. The van der Waals surface area contributed by atoms with Crippen LogP contribution in [0.4, 0.5) is 11.6 Å². The maximum atomic E-state index is 5.89. The molecule has 0 saturated carbocycles. The van der Waals surface area contributed by atoms with E-state index in [1.165, 1.54) is 0 Å². The zero-order valence-electron chi connectivity index (χ0n) is 15.7. The molecule has 0 aliphatic carbocycles. The van der Waals surface area contributed by atoms with E-state index in [0.29, 0.717) is 28.9 Å². The molecule has 2 aromatic carbocycles. The van der Waals surface area contributed by atoms with E-state index in [9.17, 15) is 0 Å². The molecule has 2 N–H and O–H groups in total. The highest BCUT2D eigenvalue weighted by Crippen LogP contribution is 2.33. The number of fused-ring (bicyclic) bond motifs is 1. The smallest absolute Gasteiger partial charge is 0.324 e. The molecule has 4 rings (SSSR count). The lowest BCUT2D eigenvalue weighted by atomic mass is 10.2. The van der Waals surface area contributed by atoms with Gasteiger partial charge in [-0.05, 0) is 31.2 Å². The number of rotatable bonds is 6. The third-order valence-corrected chi connectivity index (χ3v) is 4.10. The van der Waals surface area contributed by atoms with E-state index in [4.69, 9.17) is 14.2 Å². The van der Waals surface area contributed by atoms with E-state index in [1.54, 1.807) is 32.4 Å². The molecular weight excluding hydrogens is 358 g/mol. The molecule has 0 atom stereocenters. The number of hydrogen-bond donors (Lipinski definition) is 2. The van der Waals surface area contributed by atoms with Gasteiger partial charge >= 0.3 is 6.01 Å². The second-order valence-corrected chi connectivity index (χ2v) is 6.05. The molecule has 28 heavy (non-hydrogen) atoms. The maximum absolute atomic E-state index is 5.89. The average Bonchev–Trinajstić information content (AvgIpc) is 3.12. The number of nitrogens with one attached hydrogen (secondary N) is 2. The van der Waals surface area contributed by atoms with Crippen LogP contribution < -0.4 is 19.5 Å². The van der Waals surface area contributed by atoms with Crippen LogP contribution in [0.3, 0.4) is 0 Å². The molecule has 0 radical (unpaired) electrons. The molecule has 0 amide bonds. The zero-order valence-corrected chi connectivity index (χ0v) is 15.7. The highest BCUT2D eigenvalue weighted by molar-refractivity contribution is 5.90. The number of hydrogen-bond acceptors (Lipinski definition) is 7. The minimum Gasteiger partial charge on any atom is -0.493 e. The molecule has 8 nitrogen and oxygen atoms in total. The Bertz CT molecular complexity index is 1130. The molecule has 4 aromatic rings. The topological polar surface area (TPSA) is 94.2 Å². The Hall–Kier alpha value is -3.81. The summed E-state index contributed by atoms with van der Waals surface area (Å²) >= 11 is 0. The average molecular weight is 377 g/mol. The standard InChI is InChI=1S/C20H19N5O3/c1-12-10-18(25-24-12)22-19-14-6-4-5-7-15(14)21-20(23-19)28-13-8-9-16(26-2)17(11-13)27-3/h4-11H,1-3H3,(H2,21,22,23,24,25). The summed E-state index contributed by atoms with van der Waals surface area (Å²) in [5.41, 5.74) is 1.70. The minimum absolute atomic E-state index is 0.209. The highest BCUT2D eigenvalue weighted by Gasteiger charge is 2.12.